The molecule has 0 bridgehead atoms. The summed E-state index contributed by atoms with van der Waals surface area (Å²) in [4.78, 5) is 2.56. The topological polar surface area (TPSA) is 24.5 Å². The zero-order valence-electron chi connectivity index (χ0n) is 13.3. The van der Waals surface area contributed by atoms with Gasteiger partial charge < -0.3 is 10.1 Å². The van der Waals surface area contributed by atoms with Crippen molar-refractivity contribution >= 4 is 12.4 Å². The number of ether oxygens (including phenoxy) is 1. The van der Waals surface area contributed by atoms with Crippen LogP contribution in [0.2, 0.25) is 0 Å². The van der Waals surface area contributed by atoms with Crippen LogP contribution in [0.1, 0.15) is 32.3 Å². The Bertz CT molecular complexity index is 392. The quantitative estimate of drug-likeness (QED) is 0.836. The number of likely N-dealkylation sites (tertiary alicyclic amines) is 1. The predicted molar refractivity (Wildman–Crippen MR) is 91.4 cm³/mol. The van der Waals surface area contributed by atoms with Crippen molar-refractivity contribution in [1.82, 2.24) is 10.2 Å². The first-order valence-electron chi connectivity index (χ1n) is 7.96. The summed E-state index contributed by atoms with van der Waals surface area (Å²) in [6.07, 6.45) is 2.64. The molecule has 1 aromatic rings. The van der Waals surface area contributed by atoms with E-state index in [2.05, 4.69) is 35.3 Å². The Morgan fingerprint density at radius 1 is 1.24 bits per heavy atom. The van der Waals surface area contributed by atoms with Crippen LogP contribution in [0.15, 0.2) is 24.3 Å². The van der Waals surface area contributed by atoms with Gasteiger partial charge in [0.2, 0.25) is 0 Å². The van der Waals surface area contributed by atoms with E-state index in [-0.39, 0.29) is 12.4 Å². The van der Waals surface area contributed by atoms with Crippen molar-refractivity contribution in [3.63, 3.8) is 0 Å². The fourth-order valence-corrected chi connectivity index (χ4v) is 2.86. The third kappa shape index (κ3) is 6.25. The average molecular weight is 313 g/mol. The lowest BCUT2D eigenvalue weighted by Crippen LogP contribution is -2.36. The molecule has 3 nitrogen and oxygen atoms in total. The summed E-state index contributed by atoms with van der Waals surface area (Å²) in [5.41, 5.74) is 1.36. The number of rotatable bonds is 7. The zero-order chi connectivity index (χ0) is 14.2. The van der Waals surface area contributed by atoms with Gasteiger partial charge >= 0.3 is 0 Å². The zero-order valence-corrected chi connectivity index (χ0v) is 14.1. The van der Waals surface area contributed by atoms with Crippen molar-refractivity contribution in [3.8, 4) is 5.75 Å². The summed E-state index contributed by atoms with van der Waals surface area (Å²) in [7, 11) is 0. The molecular formula is C17H29ClN2O. The van der Waals surface area contributed by atoms with E-state index < -0.39 is 0 Å². The van der Waals surface area contributed by atoms with Gasteiger partial charge in [0.25, 0.3) is 0 Å². The van der Waals surface area contributed by atoms with Crippen molar-refractivity contribution in [2.24, 2.45) is 5.92 Å². The third-order valence-electron chi connectivity index (χ3n) is 4.01. The van der Waals surface area contributed by atoms with E-state index in [0.29, 0.717) is 0 Å². The van der Waals surface area contributed by atoms with Crippen LogP contribution in [-0.4, -0.2) is 37.7 Å². The molecule has 1 aromatic carbocycles. The minimum atomic E-state index is 0. The first-order chi connectivity index (χ1) is 9.81. The van der Waals surface area contributed by atoms with Gasteiger partial charge in [0.1, 0.15) is 5.75 Å². The largest absolute Gasteiger partial charge is 0.494 e. The van der Waals surface area contributed by atoms with E-state index in [4.69, 9.17) is 4.74 Å². The molecule has 21 heavy (non-hydrogen) atoms. The maximum atomic E-state index is 5.57. The Morgan fingerprint density at radius 2 is 2.00 bits per heavy atom. The lowest BCUT2D eigenvalue weighted by Gasteiger charge is -2.32. The molecule has 2 rings (SSSR count). The van der Waals surface area contributed by atoms with Gasteiger partial charge in [-0.15, -0.1) is 12.4 Å². The molecule has 1 fully saturated rings. The second-order valence-electron chi connectivity index (χ2n) is 5.61. The molecule has 0 unspecified atom stereocenters. The number of halogens is 1. The number of nitrogens with one attached hydrogen (secondary N) is 1. The summed E-state index contributed by atoms with van der Waals surface area (Å²) < 4.78 is 5.57. The monoisotopic (exact) mass is 312 g/mol. The maximum absolute atomic E-state index is 5.57. The standard InChI is InChI=1S/C17H28N2O.ClH/c1-3-18-13-15-8-10-19(11-9-15)14-16-6-5-7-17(12-16)20-4-2;/h5-7,12,15,18H,3-4,8-11,13-14H2,1-2H3;1H. The fourth-order valence-electron chi connectivity index (χ4n) is 2.86. The number of hydrogen-bond acceptors (Lipinski definition) is 3. The number of hydrogen-bond donors (Lipinski definition) is 1. The van der Waals surface area contributed by atoms with E-state index in [0.717, 1.165) is 31.4 Å². The molecular weight excluding hydrogens is 284 g/mol. The fraction of sp³-hybridized carbons (Fsp3) is 0.647. The molecule has 1 aliphatic rings. The van der Waals surface area contributed by atoms with Crippen molar-refractivity contribution in [2.45, 2.75) is 33.2 Å². The van der Waals surface area contributed by atoms with E-state index >= 15 is 0 Å². The van der Waals surface area contributed by atoms with Crippen LogP contribution in [0, 0.1) is 5.92 Å². The highest BCUT2D eigenvalue weighted by Crippen LogP contribution is 2.20. The molecule has 1 N–H and O–H groups in total. The average Bonchev–Trinajstić information content (AvgIpc) is 2.47. The lowest BCUT2D eigenvalue weighted by molar-refractivity contribution is 0.175. The van der Waals surface area contributed by atoms with Gasteiger partial charge in [0.15, 0.2) is 0 Å². The SMILES string of the molecule is CCNCC1CCN(Cc2cccc(OCC)c2)CC1.Cl. The highest BCUT2D eigenvalue weighted by atomic mass is 35.5. The van der Waals surface area contributed by atoms with Gasteiger partial charge in [0.05, 0.1) is 6.61 Å². The Balaban J connectivity index is 0.00000220. The second kappa shape index (κ2) is 10.0. The first kappa shape index (κ1) is 18.3. The van der Waals surface area contributed by atoms with Gasteiger partial charge in [0, 0.05) is 6.54 Å². The molecule has 0 aliphatic carbocycles. The molecule has 1 aliphatic heterocycles. The van der Waals surface area contributed by atoms with Gasteiger partial charge in [-0.25, -0.2) is 0 Å². The van der Waals surface area contributed by atoms with Crippen molar-refractivity contribution in [3.05, 3.63) is 29.8 Å². The Kier molecular flexibility index (Phi) is 8.74. The highest BCUT2D eigenvalue weighted by molar-refractivity contribution is 5.85. The van der Waals surface area contributed by atoms with Crippen molar-refractivity contribution < 1.29 is 4.74 Å². The smallest absolute Gasteiger partial charge is 0.119 e. The molecule has 120 valence electrons. The summed E-state index contributed by atoms with van der Waals surface area (Å²) in [6, 6.07) is 8.51. The van der Waals surface area contributed by atoms with Crippen LogP contribution in [0.3, 0.4) is 0 Å². The second-order valence-corrected chi connectivity index (χ2v) is 5.61. The number of nitrogens with zero attached hydrogens (tertiary/aromatic N) is 1. The van der Waals surface area contributed by atoms with E-state index in [1.54, 1.807) is 0 Å². The first-order valence-corrected chi connectivity index (χ1v) is 7.96. The molecule has 4 heteroatoms. The van der Waals surface area contributed by atoms with Crippen molar-refractivity contribution in [2.75, 3.05) is 32.8 Å². The predicted octanol–water partition coefficient (Wildman–Crippen LogP) is 3.33. The molecule has 0 radical (unpaired) electrons. The highest BCUT2D eigenvalue weighted by Gasteiger charge is 2.18. The maximum Gasteiger partial charge on any atom is 0.119 e. The molecule has 0 aromatic heterocycles. The van der Waals surface area contributed by atoms with Gasteiger partial charge in [-0.05, 0) is 69.6 Å². The van der Waals surface area contributed by atoms with E-state index in [1.165, 1.54) is 38.0 Å². The third-order valence-corrected chi connectivity index (χ3v) is 4.01. The molecule has 0 saturated carbocycles. The molecule has 1 saturated heterocycles. The van der Waals surface area contributed by atoms with Gasteiger partial charge in [-0.3, -0.25) is 4.90 Å². The van der Waals surface area contributed by atoms with Crippen molar-refractivity contribution in [1.29, 1.82) is 0 Å². The van der Waals surface area contributed by atoms with E-state index in [1.807, 2.05) is 13.0 Å². The number of benzene rings is 1. The molecule has 0 spiro atoms. The van der Waals surface area contributed by atoms with Crippen LogP contribution in [0.5, 0.6) is 5.75 Å². The molecule has 0 amide bonds. The normalized spacial score (nSPS) is 16.5. The van der Waals surface area contributed by atoms with Crippen LogP contribution in [0.25, 0.3) is 0 Å². The van der Waals surface area contributed by atoms with Gasteiger partial charge in [-0.1, -0.05) is 19.1 Å². The summed E-state index contributed by atoms with van der Waals surface area (Å²) >= 11 is 0. The molecule has 1 heterocycles. The van der Waals surface area contributed by atoms with Crippen LogP contribution >= 0.6 is 12.4 Å². The minimum Gasteiger partial charge on any atom is -0.494 e. The van der Waals surface area contributed by atoms with Crippen LogP contribution in [0.4, 0.5) is 0 Å². The summed E-state index contributed by atoms with van der Waals surface area (Å²) in [5, 5.41) is 3.47. The Hall–Kier alpha value is -0.770. The lowest BCUT2D eigenvalue weighted by atomic mass is 9.96. The van der Waals surface area contributed by atoms with Crippen LogP contribution < -0.4 is 10.1 Å². The van der Waals surface area contributed by atoms with Gasteiger partial charge in [-0.2, -0.15) is 0 Å². The molecule has 0 atom stereocenters. The Morgan fingerprint density at radius 3 is 2.67 bits per heavy atom. The summed E-state index contributed by atoms with van der Waals surface area (Å²) in [6.45, 7) is 10.7. The van der Waals surface area contributed by atoms with Crippen LogP contribution in [-0.2, 0) is 6.54 Å². The van der Waals surface area contributed by atoms with E-state index in [9.17, 15) is 0 Å². The number of piperidine rings is 1. The Labute approximate surface area is 135 Å². The minimum absolute atomic E-state index is 0. The summed E-state index contributed by atoms with van der Waals surface area (Å²) in [5.74, 6) is 1.85.